The van der Waals surface area contributed by atoms with Crippen LogP contribution >= 0.6 is 0 Å². The number of unbranched alkanes of at least 4 members (excludes halogenated alkanes) is 11. The zero-order valence-electron chi connectivity index (χ0n) is 23.0. The molecule has 1 aliphatic heterocycles. The Bertz CT molecular complexity index is 603. The van der Waals surface area contributed by atoms with Gasteiger partial charge in [0.2, 0.25) is 5.91 Å². The maximum absolute atomic E-state index is 12.2. The highest BCUT2D eigenvalue weighted by atomic mass is 16.7. The minimum Gasteiger partial charge on any atom is -0.394 e. The number of ether oxygens (including phenoxy) is 2. The van der Waals surface area contributed by atoms with Crippen molar-refractivity contribution in [1.29, 1.82) is 0 Å². The summed E-state index contributed by atoms with van der Waals surface area (Å²) in [5, 5.41) is 52.8. The van der Waals surface area contributed by atoms with Gasteiger partial charge in [-0.1, -0.05) is 90.2 Å². The molecule has 6 N–H and O–H groups in total. The molecular weight excluding hydrogens is 478 g/mol. The van der Waals surface area contributed by atoms with Gasteiger partial charge in [-0.3, -0.25) is 4.79 Å². The van der Waals surface area contributed by atoms with E-state index in [4.69, 9.17) is 9.47 Å². The minimum atomic E-state index is -1.56. The van der Waals surface area contributed by atoms with Crippen LogP contribution in [0.2, 0.25) is 0 Å². The van der Waals surface area contributed by atoms with Crippen molar-refractivity contribution in [3.8, 4) is 0 Å². The Morgan fingerprint density at radius 2 is 1.49 bits per heavy atom. The van der Waals surface area contributed by atoms with E-state index < -0.39 is 49.5 Å². The van der Waals surface area contributed by atoms with Crippen LogP contribution in [0.5, 0.6) is 0 Å². The number of hydrogen-bond acceptors (Lipinski definition) is 8. The van der Waals surface area contributed by atoms with Crippen LogP contribution < -0.4 is 5.32 Å². The van der Waals surface area contributed by atoms with Crippen LogP contribution in [-0.2, 0) is 14.3 Å². The number of aliphatic hydroxyl groups excluding tert-OH is 5. The van der Waals surface area contributed by atoms with Crippen molar-refractivity contribution in [3.05, 3.63) is 12.2 Å². The number of carbonyl (C=O) groups excluding carboxylic acids is 1. The van der Waals surface area contributed by atoms with E-state index in [1.807, 2.05) is 13.0 Å². The summed E-state index contributed by atoms with van der Waals surface area (Å²) in [6.07, 6.45) is 11.3. The molecule has 1 amide bonds. The van der Waals surface area contributed by atoms with Crippen molar-refractivity contribution in [2.75, 3.05) is 13.2 Å². The molecule has 9 nitrogen and oxygen atoms in total. The minimum absolute atomic E-state index is 0.192. The zero-order valence-corrected chi connectivity index (χ0v) is 23.0. The molecule has 0 aromatic heterocycles. The van der Waals surface area contributed by atoms with Gasteiger partial charge in [-0.2, -0.15) is 0 Å². The molecule has 0 spiro atoms. The molecule has 0 aliphatic carbocycles. The molecule has 5 unspecified atom stereocenters. The van der Waals surface area contributed by atoms with Crippen LogP contribution in [0.25, 0.3) is 0 Å². The molecule has 0 saturated carbocycles. The molecule has 218 valence electrons. The van der Waals surface area contributed by atoms with Crippen LogP contribution in [0.3, 0.4) is 0 Å². The van der Waals surface area contributed by atoms with Crippen LogP contribution in [0, 0.1) is 0 Å². The lowest BCUT2D eigenvalue weighted by molar-refractivity contribution is -0.302. The molecule has 1 saturated heterocycles. The van der Waals surface area contributed by atoms with Crippen LogP contribution in [0.1, 0.15) is 104 Å². The van der Waals surface area contributed by atoms with Crippen LogP contribution in [0.15, 0.2) is 12.2 Å². The third-order valence-corrected chi connectivity index (χ3v) is 6.83. The molecular formula is C28H53NO8. The summed E-state index contributed by atoms with van der Waals surface area (Å²) in [6.45, 7) is 3.36. The lowest BCUT2D eigenvalue weighted by Crippen LogP contribution is -2.60. The van der Waals surface area contributed by atoms with Gasteiger partial charge in [0.1, 0.15) is 24.4 Å². The number of aliphatic hydroxyl groups is 5. The monoisotopic (exact) mass is 531 g/mol. The quantitative estimate of drug-likeness (QED) is 0.0978. The Morgan fingerprint density at radius 1 is 0.892 bits per heavy atom. The fraction of sp³-hybridized carbons (Fsp3) is 0.893. The SMILES string of the molecule is CCCCCCCCCCCCC/C=C/[C@@H](O)[C@H](COC1OC(CO)C(O)C(O)C1O)NC(=O)CCC. The molecule has 0 bridgehead atoms. The Labute approximate surface area is 223 Å². The second-order valence-corrected chi connectivity index (χ2v) is 10.2. The molecule has 1 fully saturated rings. The molecule has 0 aromatic rings. The van der Waals surface area contributed by atoms with E-state index in [9.17, 15) is 30.3 Å². The molecule has 37 heavy (non-hydrogen) atoms. The summed E-state index contributed by atoms with van der Waals surface area (Å²) in [4.78, 5) is 12.2. The van der Waals surface area contributed by atoms with Gasteiger partial charge in [-0.15, -0.1) is 0 Å². The first kappa shape index (κ1) is 34.0. The fourth-order valence-electron chi connectivity index (χ4n) is 4.43. The van der Waals surface area contributed by atoms with E-state index in [0.717, 1.165) is 19.3 Å². The summed E-state index contributed by atoms with van der Waals surface area (Å²) in [7, 11) is 0. The Morgan fingerprint density at radius 3 is 2.05 bits per heavy atom. The fourth-order valence-corrected chi connectivity index (χ4v) is 4.43. The second kappa shape index (κ2) is 20.8. The maximum atomic E-state index is 12.2. The van der Waals surface area contributed by atoms with Gasteiger partial charge in [0.05, 0.1) is 25.4 Å². The molecule has 9 heteroatoms. The average molecular weight is 532 g/mol. The normalized spacial score (nSPS) is 25.9. The van der Waals surface area contributed by atoms with Gasteiger partial charge in [-0.25, -0.2) is 0 Å². The number of rotatable bonds is 21. The summed E-state index contributed by atoms with van der Waals surface area (Å²) < 4.78 is 10.9. The van der Waals surface area contributed by atoms with E-state index in [2.05, 4.69) is 12.2 Å². The maximum Gasteiger partial charge on any atom is 0.220 e. The topological polar surface area (TPSA) is 149 Å². The third kappa shape index (κ3) is 14.0. The predicted octanol–water partition coefficient (Wildman–Crippen LogP) is 2.71. The van der Waals surface area contributed by atoms with Crippen molar-refractivity contribution in [2.24, 2.45) is 0 Å². The number of amides is 1. The highest BCUT2D eigenvalue weighted by Gasteiger charge is 2.44. The predicted molar refractivity (Wildman–Crippen MR) is 143 cm³/mol. The lowest BCUT2D eigenvalue weighted by Gasteiger charge is -2.40. The van der Waals surface area contributed by atoms with Gasteiger partial charge in [0.15, 0.2) is 6.29 Å². The summed E-state index contributed by atoms with van der Waals surface area (Å²) >= 11 is 0. The molecule has 0 aromatic carbocycles. The molecule has 0 radical (unpaired) electrons. The van der Waals surface area contributed by atoms with Gasteiger partial charge >= 0.3 is 0 Å². The van der Waals surface area contributed by atoms with Crippen molar-refractivity contribution < 1.29 is 39.8 Å². The first-order chi connectivity index (χ1) is 17.8. The van der Waals surface area contributed by atoms with E-state index in [1.165, 1.54) is 57.8 Å². The molecule has 1 rings (SSSR count). The van der Waals surface area contributed by atoms with Gasteiger partial charge in [-0.05, 0) is 19.3 Å². The van der Waals surface area contributed by atoms with E-state index in [-0.39, 0.29) is 12.5 Å². The van der Waals surface area contributed by atoms with Crippen LogP contribution in [-0.4, -0.2) is 87.5 Å². The highest BCUT2D eigenvalue weighted by Crippen LogP contribution is 2.22. The highest BCUT2D eigenvalue weighted by molar-refractivity contribution is 5.76. The zero-order chi connectivity index (χ0) is 27.5. The Balaban J connectivity index is 2.41. The second-order valence-electron chi connectivity index (χ2n) is 10.2. The summed E-state index contributed by atoms with van der Waals surface area (Å²) in [6, 6.07) is -0.792. The van der Waals surface area contributed by atoms with Gasteiger partial charge in [0.25, 0.3) is 0 Å². The largest absolute Gasteiger partial charge is 0.394 e. The third-order valence-electron chi connectivity index (χ3n) is 6.83. The smallest absolute Gasteiger partial charge is 0.220 e. The Kier molecular flexibility index (Phi) is 19.1. The van der Waals surface area contributed by atoms with Crippen molar-refractivity contribution in [2.45, 2.75) is 147 Å². The average Bonchev–Trinajstić information content (AvgIpc) is 2.88. The van der Waals surface area contributed by atoms with Gasteiger partial charge in [0, 0.05) is 6.42 Å². The summed E-state index contributed by atoms with van der Waals surface area (Å²) in [5.74, 6) is -0.234. The number of hydrogen-bond donors (Lipinski definition) is 6. The van der Waals surface area contributed by atoms with Crippen molar-refractivity contribution in [3.63, 3.8) is 0 Å². The van der Waals surface area contributed by atoms with Crippen molar-refractivity contribution in [1.82, 2.24) is 5.32 Å². The van der Waals surface area contributed by atoms with Crippen LogP contribution in [0.4, 0.5) is 0 Å². The summed E-state index contributed by atoms with van der Waals surface area (Å²) in [5.41, 5.74) is 0. The molecule has 1 aliphatic rings. The standard InChI is InChI=1S/C28H53NO8/c1-3-5-6-7-8-9-10-11-12-13-14-15-16-18-22(31)21(29-24(32)17-4-2)20-36-28-27(35)26(34)25(33)23(19-30)37-28/h16,18,21-23,25-28,30-31,33-35H,3-15,17,19-20H2,1-2H3,(H,29,32)/b18-16+/t21-,22+,23?,25?,26?,27?,28?/m0/s1. The van der Waals surface area contributed by atoms with E-state index in [0.29, 0.717) is 12.8 Å². The first-order valence-corrected chi connectivity index (χ1v) is 14.4. The Hall–Kier alpha value is -1.07. The van der Waals surface area contributed by atoms with E-state index in [1.54, 1.807) is 6.08 Å². The lowest BCUT2D eigenvalue weighted by atomic mass is 9.99. The van der Waals surface area contributed by atoms with Gasteiger partial charge < -0.3 is 40.3 Å². The first-order valence-electron chi connectivity index (χ1n) is 14.4. The van der Waals surface area contributed by atoms with Crippen molar-refractivity contribution >= 4 is 5.91 Å². The molecule has 7 atom stereocenters. The number of nitrogens with one attached hydrogen (secondary N) is 1. The number of carbonyl (C=O) groups is 1. The molecule has 1 heterocycles. The number of allylic oxidation sites excluding steroid dienone is 1. The van der Waals surface area contributed by atoms with E-state index >= 15 is 0 Å².